The van der Waals surface area contributed by atoms with Crippen molar-refractivity contribution in [2.45, 2.75) is 46.5 Å². The maximum Gasteiger partial charge on any atom is 0.137 e. The van der Waals surface area contributed by atoms with Crippen molar-refractivity contribution in [1.82, 2.24) is 9.97 Å². The molecule has 3 nitrogen and oxygen atoms in total. The number of para-hydroxylation sites is 1. The fourth-order valence-corrected chi connectivity index (χ4v) is 2.41. The molecular formula is C17H25N3. The van der Waals surface area contributed by atoms with Gasteiger partial charge in [0, 0.05) is 11.9 Å². The third kappa shape index (κ3) is 3.92. The number of benzene rings is 1. The van der Waals surface area contributed by atoms with Crippen LogP contribution in [0.3, 0.4) is 0 Å². The van der Waals surface area contributed by atoms with Crippen molar-refractivity contribution in [3.05, 3.63) is 30.6 Å². The van der Waals surface area contributed by atoms with Gasteiger partial charge in [-0.2, -0.15) is 0 Å². The summed E-state index contributed by atoms with van der Waals surface area (Å²) < 4.78 is 0. The van der Waals surface area contributed by atoms with Gasteiger partial charge in [0.15, 0.2) is 0 Å². The van der Waals surface area contributed by atoms with E-state index < -0.39 is 0 Å². The summed E-state index contributed by atoms with van der Waals surface area (Å²) >= 11 is 0. The number of nitrogens with zero attached hydrogens (tertiary/aromatic N) is 2. The highest BCUT2D eigenvalue weighted by Gasteiger charge is 2.17. The number of unbranched alkanes of at least 4 members (excludes halogenated alkanes) is 2. The molecule has 0 spiro atoms. The molecule has 0 saturated heterocycles. The maximum absolute atomic E-state index is 4.38. The molecule has 1 heterocycles. The summed E-state index contributed by atoms with van der Waals surface area (Å²) in [5.74, 6) is 0.944. The third-order valence-electron chi connectivity index (χ3n) is 3.73. The van der Waals surface area contributed by atoms with Crippen molar-refractivity contribution in [1.29, 1.82) is 0 Å². The molecule has 0 unspecified atom stereocenters. The van der Waals surface area contributed by atoms with E-state index in [0.717, 1.165) is 23.3 Å². The maximum atomic E-state index is 4.38. The number of fused-ring (bicyclic) bond motifs is 1. The fraction of sp³-hybridized carbons (Fsp3) is 0.529. The van der Waals surface area contributed by atoms with E-state index >= 15 is 0 Å². The first kappa shape index (κ1) is 14.8. The van der Waals surface area contributed by atoms with Gasteiger partial charge < -0.3 is 5.32 Å². The highest BCUT2D eigenvalue weighted by Crippen LogP contribution is 2.25. The lowest BCUT2D eigenvalue weighted by molar-refractivity contribution is 0.342. The number of nitrogens with one attached hydrogen (secondary N) is 1. The summed E-state index contributed by atoms with van der Waals surface area (Å²) in [6, 6.07) is 8.13. The Hall–Kier alpha value is -1.64. The van der Waals surface area contributed by atoms with Crippen molar-refractivity contribution in [2.75, 3.05) is 11.9 Å². The molecule has 0 amide bonds. The van der Waals surface area contributed by atoms with E-state index in [-0.39, 0.29) is 0 Å². The quantitative estimate of drug-likeness (QED) is 0.745. The predicted octanol–water partition coefficient (Wildman–Crippen LogP) is 4.65. The van der Waals surface area contributed by atoms with Gasteiger partial charge in [0.2, 0.25) is 0 Å². The zero-order valence-corrected chi connectivity index (χ0v) is 12.8. The van der Waals surface area contributed by atoms with Gasteiger partial charge in [-0.15, -0.1) is 0 Å². The van der Waals surface area contributed by atoms with Crippen LogP contribution in [0.15, 0.2) is 30.6 Å². The molecule has 1 N–H and O–H groups in total. The first-order valence-electron chi connectivity index (χ1n) is 7.56. The first-order valence-corrected chi connectivity index (χ1v) is 7.56. The molecule has 0 aliphatic carbocycles. The Bertz CT molecular complexity index is 543. The highest BCUT2D eigenvalue weighted by molar-refractivity contribution is 5.88. The number of hydrogen-bond donors (Lipinski definition) is 1. The van der Waals surface area contributed by atoms with Crippen molar-refractivity contribution < 1.29 is 0 Å². The summed E-state index contributed by atoms with van der Waals surface area (Å²) in [5.41, 5.74) is 1.29. The zero-order valence-electron chi connectivity index (χ0n) is 12.8. The molecule has 2 rings (SSSR count). The molecule has 3 heteroatoms. The van der Waals surface area contributed by atoms with Gasteiger partial charge in [-0.3, -0.25) is 0 Å². The summed E-state index contributed by atoms with van der Waals surface area (Å²) in [5, 5.41) is 4.60. The Morgan fingerprint density at radius 3 is 2.70 bits per heavy atom. The van der Waals surface area contributed by atoms with Crippen LogP contribution >= 0.6 is 0 Å². The minimum atomic E-state index is 0.293. The molecule has 108 valence electrons. The average Bonchev–Trinajstić information content (AvgIpc) is 2.45. The molecule has 0 aliphatic heterocycles. The number of anilines is 1. The highest BCUT2D eigenvalue weighted by atomic mass is 15.0. The second-order valence-corrected chi connectivity index (χ2v) is 6.21. The molecule has 0 saturated carbocycles. The molecule has 2 aromatic rings. The van der Waals surface area contributed by atoms with Gasteiger partial charge in [0.25, 0.3) is 0 Å². The second-order valence-electron chi connectivity index (χ2n) is 6.21. The number of rotatable bonds is 7. The van der Waals surface area contributed by atoms with E-state index in [2.05, 4.69) is 42.1 Å². The Labute approximate surface area is 121 Å². The van der Waals surface area contributed by atoms with E-state index in [4.69, 9.17) is 0 Å². The first-order chi connectivity index (χ1) is 9.62. The lowest BCUT2D eigenvalue weighted by Gasteiger charge is -2.25. The van der Waals surface area contributed by atoms with Crippen LogP contribution in [-0.2, 0) is 0 Å². The van der Waals surface area contributed by atoms with Gasteiger partial charge >= 0.3 is 0 Å². The minimum Gasteiger partial charge on any atom is -0.369 e. The molecule has 20 heavy (non-hydrogen) atoms. The molecule has 0 bridgehead atoms. The molecule has 0 aliphatic rings. The van der Waals surface area contributed by atoms with E-state index in [0.29, 0.717) is 5.41 Å². The molecular weight excluding hydrogens is 246 g/mol. The SMILES string of the molecule is CCCCCC(C)(C)CNc1ncnc2ccccc12. The summed E-state index contributed by atoms with van der Waals surface area (Å²) in [4.78, 5) is 8.68. The molecule has 0 atom stereocenters. The van der Waals surface area contributed by atoms with Gasteiger partial charge in [-0.05, 0) is 24.0 Å². The Kier molecular flexibility index (Phi) is 4.94. The Morgan fingerprint density at radius 1 is 1.10 bits per heavy atom. The van der Waals surface area contributed by atoms with E-state index in [1.807, 2.05) is 18.2 Å². The van der Waals surface area contributed by atoms with E-state index in [1.54, 1.807) is 6.33 Å². The number of hydrogen-bond acceptors (Lipinski definition) is 3. The average molecular weight is 271 g/mol. The van der Waals surface area contributed by atoms with Crippen molar-refractivity contribution in [3.63, 3.8) is 0 Å². The molecule has 1 aromatic carbocycles. The van der Waals surface area contributed by atoms with Crippen LogP contribution in [0.4, 0.5) is 5.82 Å². The molecule has 1 aromatic heterocycles. The summed E-state index contributed by atoms with van der Waals surface area (Å²) in [6.45, 7) is 7.83. The van der Waals surface area contributed by atoms with Gasteiger partial charge in [0.1, 0.15) is 12.1 Å². The van der Waals surface area contributed by atoms with E-state index in [1.165, 1.54) is 25.7 Å². The van der Waals surface area contributed by atoms with Gasteiger partial charge in [-0.25, -0.2) is 9.97 Å². The topological polar surface area (TPSA) is 37.8 Å². The minimum absolute atomic E-state index is 0.293. The Balaban J connectivity index is 2.02. The lowest BCUT2D eigenvalue weighted by Crippen LogP contribution is -2.23. The predicted molar refractivity (Wildman–Crippen MR) is 86.0 cm³/mol. The van der Waals surface area contributed by atoms with Crippen molar-refractivity contribution in [2.24, 2.45) is 5.41 Å². The summed E-state index contributed by atoms with van der Waals surface area (Å²) in [6.07, 6.45) is 6.78. The monoisotopic (exact) mass is 271 g/mol. The summed E-state index contributed by atoms with van der Waals surface area (Å²) in [7, 11) is 0. The van der Waals surface area contributed by atoms with Crippen molar-refractivity contribution in [3.8, 4) is 0 Å². The smallest absolute Gasteiger partial charge is 0.137 e. The van der Waals surface area contributed by atoms with Gasteiger partial charge in [0.05, 0.1) is 5.52 Å². The zero-order chi connectivity index (χ0) is 14.4. The Morgan fingerprint density at radius 2 is 1.90 bits per heavy atom. The van der Waals surface area contributed by atoms with Crippen LogP contribution in [0.1, 0.15) is 46.5 Å². The fourth-order valence-electron chi connectivity index (χ4n) is 2.41. The van der Waals surface area contributed by atoms with Gasteiger partial charge in [-0.1, -0.05) is 52.2 Å². The second kappa shape index (κ2) is 6.69. The standard InChI is InChI=1S/C17H25N3/c1-4-5-8-11-17(2,3)12-18-16-14-9-6-7-10-15(14)19-13-20-16/h6-7,9-10,13H,4-5,8,11-12H2,1-3H3,(H,18,19,20). The van der Waals surface area contributed by atoms with Crippen LogP contribution in [0.2, 0.25) is 0 Å². The van der Waals surface area contributed by atoms with Crippen LogP contribution in [0.5, 0.6) is 0 Å². The van der Waals surface area contributed by atoms with Crippen LogP contribution in [-0.4, -0.2) is 16.5 Å². The molecule has 0 fully saturated rings. The largest absolute Gasteiger partial charge is 0.369 e. The van der Waals surface area contributed by atoms with Crippen LogP contribution in [0, 0.1) is 5.41 Å². The van der Waals surface area contributed by atoms with E-state index in [9.17, 15) is 0 Å². The normalized spacial score (nSPS) is 11.8. The molecule has 0 radical (unpaired) electrons. The van der Waals surface area contributed by atoms with Crippen molar-refractivity contribution >= 4 is 16.7 Å². The third-order valence-corrected chi connectivity index (χ3v) is 3.73. The van der Waals surface area contributed by atoms with Crippen LogP contribution < -0.4 is 5.32 Å². The van der Waals surface area contributed by atoms with Crippen LogP contribution in [0.25, 0.3) is 10.9 Å². The number of aromatic nitrogens is 2. The lowest BCUT2D eigenvalue weighted by atomic mass is 9.87.